The lowest BCUT2D eigenvalue weighted by atomic mass is 9.98. The number of amides is 1. The van der Waals surface area contributed by atoms with Crippen LogP contribution in [0.1, 0.15) is 44.3 Å². The summed E-state index contributed by atoms with van der Waals surface area (Å²) in [6.45, 7) is 11.0. The summed E-state index contributed by atoms with van der Waals surface area (Å²) in [6.07, 6.45) is 2.01. The van der Waals surface area contributed by atoms with Crippen LogP contribution in [0, 0.1) is 12.8 Å². The Morgan fingerprint density at radius 2 is 2.32 bits per heavy atom. The molecule has 1 aliphatic heterocycles. The number of aromatic nitrogens is 1. The van der Waals surface area contributed by atoms with Gasteiger partial charge in [0.05, 0.1) is 10.7 Å². The van der Waals surface area contributed by atoms with Gasteiger partial charge in [-0.1, -0.05) is 0 Å². The highest BCUT2D eigenvalue weighted by molar-refractivity contribution is 7.09. The van der Waals surface area contributed by atoms with E-state index in [9.17, 15) is 4.79 Å². The number of aryl methyl sites for hydroxylation is 1. The zero-order valence-corrected chi connectivity index (χ0v) is 14.8. The minimum atomic E-state index is -0.426. The molecule has 1 aliphatic rings. The smallest absolute Gasteiger partial charge is 0.410 e. The van der Waals surface area contributed by atoms with Crippen molar-refractivity contribution in [1.82, 2.24) is 15.2 Å². The highest BCUT2D eigenvalue weighted by Crippen LogP contribution is 2.19. The summed E-state index contributed by atoms with van der Waals surface area (Å²) in [5.41, 5.74) is 0.674. The lowest BCUT2D eigenvalue weighted by molar-refractivity contribution is 0.0166. The fourth-order valence-electron chi connectivity index (χ4n) is 2.62. The average molecular weight is 325 g/mol. The highest BCUT2D eigenvalue weighted by atomic mass is 32.1. The number of hydrogen-bond donors (Lipinski definition) is 1. The van der Waals surface area contributed by atoms with Gasteiger partial charge in [0.25, 0.3) is 0 Å². The minimum absolute atomic E-state index is 0.188. The van der Waals surface area contributed by atoms with Crippen LogP contribution in [0.4, 0.5) is 4.79 Å². The van der Waals surface area contributed by atoms with Crippen molar-refractivity contribution in [2.24, 2.45) is 5.92 Å². The van der Waals surface area contributed by atoms with Crippen molar-refractivity contribution in [3.05, 3.63) is 16.1 Å². The van der Waals surface area contributed by atoms with E-state index in [1.807, 2.05) is 32.6 Å². The fraction of sp³-hybridized carbons (Fsp3) is 0.750. The molecule has 1 unspecified atom stereocenters. The fourth-order valence-corrected chi connectivity index (χ4v) is 3.23. The van der Waals surface area contributed by atoms with E-state index < -0.39 is 5.60 Å². The largest absolute Gasteiger partial charge is 0.444 e. The quantitative estimate of drug-likeness (QED) is 0.924. The standard InChI is InChI=1S/C16H27N3O2S/c1-12-18-14(11-22-12)9-17-8-13-6-5-7-19(10-13)15(20)21-16(2,3)4/h11,13,17H,5-10H2,1-4H3. The Morgan fingerprint density at radius 3 is 2.95 bits per heavy atom. The van der Waals surface area contributed by atoms with Crippen molar-refractivity contribution in [1.29, 1.82) is 0 Å². The Morgan fingerprint density at radius 1 is 1.55 bits per heavy atom. The molecular weight excluding hydrogens is 298 g/mol. The number of carbonyl (C=O) groups excluding carboxylic acids is 1. The summed E-state index contributed by atoms with van der Waals surface area (Å²) in [6, 6.07) is 0. The van der Waals surface area contributed by atoms with Gasteiger partial charge in [-0.05, 0) is 46.5 Å². The van der Waals surface area contributed by atoms with Crippen LogP contribution >= 0.6 is 11.3 Å². The molecule has 6 heteroatoms. The number of likely N-dealkylation sites (tertiary alicyclic amines) is 1. The van der Waals surface area contributed by atoms with Gasteiger partial charge in [0.1, 0.15) is 5.60 Å². The molecule has 0 saturated carbocycles. The molecule has 0 aromatic carbocycles. The average Bonchev–Trinajstić information content (AvgIpc) is 2.83. The Kier molecular flexibility index (Phi) is 5.81. The van der Waals surface area contributed by atoms with E-state index in [0.29, 0.717) is 5.92 Å². The van der Waals surface area contributed by atoms with Gasteiger partial charge in [-0.25, -0.2) is 9.78 Å². The maximum atomic E-state index is 12.1. The number of piperidine rings is 1. The predicted octanol–water partition coefficient (Wildman–Crippen LogP) is 3.19. The van der Waals surface area contributed by atoms with E-state index in [4.69, 9.17) is 4.74 Å². The van der Waals surface area contributed by atoms with Crippen molar-refractivity contribution < 1.29 is 9.53 Å². The zero-order valence-electron chi connectivity index (χ0n) is 14.0. The van der Waals surface area contributed by atoms with Gasteiger partial charge in [0.2, 0.25) is 0 Å². The number of hydrogen-bond acceptors (Lipinski definition) is 5. The van der Waals surface area contributed by atoms with Crippen molar-refractivity contribution >= 4 is 17.4 Å². The molecule has 1 atom stereocenters. The summed E-state index contributed by atoms with van der Waals surface area (Å²) < 4.78 is 5.46. The molecule has 0 bridgehead atoms. The van der Waals surface area contributed by atoms with Crippen LogP contribution in [0.2, 0.25) is 0 Å². The van der Waals surface area contributed by atoms with Gasteiger partial charge < -0.3 is 15.0 Å². The second-order valence-corrected chi connectivity index (χ2v) is 7.99. The summed E-state index contributed by atoms with van der Waals surface area (Å²) in [4.78, 5) is 18.4. The molecule has 22 heavy (non-hydrogen) atoms. The van der Waals surface area contributed by atoms with Gasteiger partial charge in [-0.3, -0.25) is 0 Å². The molecule has 5 nitrogen and oxygen atoms in total. The van der Waals surface area contributed by atoms with E-state index in [1.54, 1.807) is 11.3 Å². The van der Waals surface area contributed by atoms with E-state index >= 15 is 0 Å². The number of ether oxygens (including phenoxy) is 1. The Bertz CT molecular complexity index is 496. The third kappa shape index (κ3) is 5.57. The third-order valence-electron chi connectivity index (χ3n) is 3.58. The van der Waals surface area contributed by atoms with Crippen LogP contribution in [0.25, 0.3) is 0 Å². The lowest BCUT2D eigenvalue weighted by Gasteiger charge is -2.34. The van der Waals surface area contributed by atoms with Gasteiger partial charge in [0, 0.05) is 31.6 Å². The van der Waals surface area contributed by atoms with Gasteiger partial charge in [0.15, 0.2) is 0 Å². The Balaban J connectivity index is 1.74. The number of carbonyl (C=O) groups is 1. The highest BCUT2D eigenvalue weighted by Gasteiger charge is 2.27. The molecule has 1 aromatic rings. The van der Waals surface area contributed by atoms with Crippen LogP contribution in [-0.4, -0.2) is 41.2 Å². The molecule has 1 saturated heterocycles. The molecule has 124 valence electrons. The van der Waals surface area contributed by atoms with Gasteiger partial charge in [-0.15, -0.1) is 11.3 Å². The van der Waals surface area contributed by atoms with Crippen molar-refractivity contribution in [2.75, 3.05) is 19.6 Å². The second kappa shape index (κ2) is 7.42. The number of thiazole rings is 1. The lowest BCUT2D eigenvalue weighted by Crippen LogP contribution is -2.45. The maximum absolute atomic E-state index is 12.1. The van der Waals surface area contributed by atoms with Crippen LogP contribution < -0.4 is 5.32 Å². The Hall–Kier alpha value is -1.14. The molecule has 2 heterocycles. The molecular formula is C16H27N3O2S. The molecule has 0 radical (unpaired) electrons. The second-order valence-electron chi connectivity index (χ2n) is 6.92. The summed E-state index contributed by atoms with van der Waals surface area (Å²) in [5.74, 6) is 0.487. The number of nitrogens with one attached hydrogen (secondary N) is 1. The van der Waals surface area contributed by atoms with Crippen LogP contribution in [0.5, 0.6) is 0 Å². The SMILES string of the molecule is Cc1nc(CNCC2CCCN(C(=O)OC(C)(C)C)C2)cs1. The first-order chi connectivity index (χ1) is 10.3. The molecule has 0 spiro atoms. The van der Waals surface area contributed by atoms with Crippen molar-refractivity contribution in [3.63, 3.8) is 0 Å². The summed E-state index contributed by atoms with van der Waals surface area (Å²) in [7, 11) is 0. The number of rotatable bonds is 4. The maximum Gasteiger partial charge on any atom is 0.410 e. The molecule has 1 amide bonds. The first-order valence-corrected chi connectivity index (χ1v) is 8.81. The zero-order chi connectivity index (χ0) is 16.2. The molecule has 2 rings (SSSR count). The molecule has 1 aromatic heterocycles. The summed E-state index contributed by atoms with van der Waals surface area (Å²) in [5, 5.41) is 6.65. The third-order valence-corrected chi connectivity index (χ3v) is 4.40. The topological polar surface area (TPSA) is 54.5 Å². The molecule has 0 aliphatic carbocycles. The van der Waals surface area contributed by atoms with Crippen molar-refractivity contribution in [3.8, 4) is 0 Å². The molecule has 1 N–H and O–H groups in total. The van der Waals surface area contributed by atoms with E-state index in [2.05, 4.69) is 15.7 Å². The first-order valence-electron chi connectivity index (χ1n) is 7.93. The minimum Gasteiger partial charge on any atom is -0.444 e. The molecule has 1 fully saturated rings. The van der Waals surface area contributed by atoms with Crippen LogP contribution in [0.15, 0.2) is 5.38 Å². The van der Waals surface area contributed by atoms with Crippen molar-refractivity contribution in [2.45, 2.75) is 52.7 Å². The number of nitrogens with zero attached hydrogens (tertiary/aromatic N) is 2. The predicted molar refractivity (Wildman–Crippen MR) is 89.1 cm³/mol. The monoisotopic (exact) mass is 325 g/mol. The van der Waals surface area contributed by atoms with E-state index in [0.717, 1.165) is 49.7 Å². The summed E-state index contributed by atoms with van der Waals surface area (Å²) >= 11 is 1.68. The normalized spacial score (nSPS) is 19.3. The van der Waals surface area contributed by atoms with E-state index in [-0.39, 0.29) is 6.09 Å². The van der Waals surface area contributed by atoms with E-state index in [1.165, 1.54) is 0 Å². The first kappa shape index (κ1) is 17.2. The van der Waals surface area contributed by atoms with Gasteiger partial charge in [-0.2, -0.15) is 0 Å². The van der Waals surface area contributed by atoms with Gasteiger partial charge >= 0.3 is 6.09 Å². The Labute approximate surface area is 137 Å². The van der Waals surface area contributed by atoms with Crippen LogP contribution in [0.3, 0.4) is 0 Å². The van der Waals surface area contributed by atoms with Crippen LogP contribution in [-0.2, 0) is 11.3 Å².